The van der Waals surface area contributed by atoms with Gasteiger partial charge in [0.05, 0.1) is 12.7 Å². The van der Waals surface area contributed by atoms with Crippen molar-refractivity contribution in [1.82, 2.24) is 10.2 Å². The van der Waals surface area contributed by atoms with Gasteiger partial charge >= 0.3 is 64.2 Å². The van der Waals surface area contributed by atoms with Crippen LogP contribution in [0.3, 0.4) is 0 Å². The van der Waals surface area contributed by atoms with Gasteiger partial charge in [-0.3, -0.25) is 0 Å². The summed E-state index contributed by atoms with van der Waals surface area (Å²) >= 11 is 3.29. The zero-order chi connectivity index (χ0) is 10.1. The molecule has 0 N–H and O–H groups in total. The molecule has 0 unspecified atom stereocenters. The molecule has 72 valence electrons. The molecule has 0 saturated carbocycles. The summed E-state index contributed by atoms with van der Waals surface area (Å²) in [7, 11) is 1.35. The maximum absolute atomic E-state index is 11.4. The molecule has 1 aromatic heterocycles. The number of esters is 1. The van der Waals surface area contributed by atoms with Gasteiger partial charge in [0.25, 0.3) is 0 Å². The number of ether oxygens (including phenoxy) is 1. The minimum Gasteiger partial charge on any atom is -0.575 e. The van der Waals surface area contributed by atoms with Gasteiger partial charge in [0.1, 0.15) is 0 Å². The van der Waals surface area contributed by atoms with Gasteiger partial charge in [-0.15, -0.1) is 5.52 Å². The Kier molecular flexibility index (Phi) is 5.11. The molecule has 0 radical (unpaired) electrons. The molecule has 0 aliphatic carbocycles. The Labute approximate surface area is 144 Å². The number of aromatic nitrogens is 2. The summed E-state index contributed by atoms with van der Waals surface area (Å²) in [6.45, 7) is 0. The van der Waals surface area contributed by atoms with E-state index in [9.17, 15) is 4.79 Å². The molecule has 2 aromatic rings. The Bertz CT molecular complexity index is 498. The van der Waals surface area contributed by atoms with Crippen molar-refractivity contribution >= 4 is 32.8 Å². The van der Waals surface area contributed by atoms with Gasteiger partial charge in [0.15, 0.2) is 0 Å². The fourth-order valence-electron chi connectivity index (χ4n) is 1.25. The first-order chi connectivity index (χ1) is 6.72. The van der Waals surface area contributed by atoms with E-state index in [0.717, 1.165) is 4.47 Å². The number of halogens is 1. The van der Waals surface area contributed by atoms with Crippen molar-refractivity contribution < 1.29 is 67.7 Å². The first kappa shape index (κ1) is 13.5. The van der Waals surface area contributed by atoms with Crippen molar-refractivity contribution in [2.75, 3.05) is 7.11 Å². The average Bonchev–Trinajstić information content (AvgIpc) is 2.62. The normalized spacial score (nSPS) is 9.73. The molecule has 2 rings (SSSR count). The molecule has 0 saturated heterocycles. The van der Waals surface area contributed by atoms with E-state index < -0.39 is 0 Å². The van der Waals surface area contributed by atoms with E-state index in [1.54, 1.807) is 18.3 Å². The average molecular weight is 340 g/mol. The molecule has 0 atom stereocenters. The summed E-state index contributed by atoms with van der Waals surface area (Å²) in [6, 6.07) is 3.49. The van der Waals surface area contributed by atoms with Gasteiger partial charge in [-0.1, -0.05) is 22.0 Å². The third kappa shape index (κ3) is 2.77. The van der Waals surface area contributed by atoms with Gasteiger partial charge in [-0.25, -0.2) is 4.79 Å². The molecule has 6 heteroatoms. The number of fused-ring (bicyclic) bond motifs is 1. The first-order valence-electron chi connectivity index (χ1n) is 3.88. The number of benzene rings is 1. The van der Waals surface area contributed by atoms with Gasteiger partial charge < -0.3 is 14.9 Å². The molecule has 0 bridgehead atoms. The number of hydrogen-bond donors (Lipinski definition) is 0. The maximum Gasteiger partial charge on any atom is 1.00 e. The standard InChI is InChI=1S/C9H7BrN2O2.Rb/c1-14-9(13)6-2-5(10)3-8-7(6)4-11-12-8;/h2-4H,1H3,(H,11,12,13);/q;+1/p-1. The fourth-order valence-corrected chi connectivity index (χ4v) is 1.70. The molecule has 0 fully saturated rings. The van der Waals surface area contributed by atoms with Crippen molar-refractivity contribution in [2.24, 2.45) is 0 Å². The fraction of sp³-hybridized carbons (Fsp3) is 0.111. The second kappa shape index (κ2) is 5.68. The monoisotopic (exact) mass is 338 g/mol. The van der Waals surface area contributed by atoms with Crippen LogP contribution in [0.15, 0.2) is 22.8 Å². The van der Waals surface area contributed by atoms with E-state index in [0.29, 0.717) is 16.5 Å². The Balaban J connectivity index is 0.00000112. The third-order valence-corrected chi connectivity index (χ3v) is 2.34. The van der Waals surface area contributed by atoms with Crippen LogP contribution in [-0.4, -0.2) is 18.2 Å². The molecule has 0 aliphatic rings. The summed E-state index contributed by atoms with van der Waals surface area (Å²) in [6.07, 6.45) is 1.55. The van der Waals surface area contributed by atoms with E-state index in [4.69, 9.17) is 0 Å². The van der Waals surface area contributed by atoms with Crippen molar-refractivity contribution in [3.05, 3.63) is 28.4 Å². The third-order valence-electron chi connectivity index (χ3n) is 1.88. The molecule has 1 aromatic carbocycles. The summed E-state index contributed by atoms with van der Waals surface area (Å²) in [4.78, 5) is 11.4. The predicted octanol–water partition coefficient (Wildman–Crippen LogP) is -1.25. The summed E-state index contributed by atoms with van der Waals surface area (Å²) < 4.78 is 5.44. The Hall–Kier alpha value is 0.445. The largest absolute Gasteiger partial charge is 1.00 e. The van der Waals surface area contributed by atoms with E-state index in [2.05, 4.69) is 30.9 Å². The van der Waals surface area contributed by atoms with E-state index in [1.165, 1.54) is 7.11 Å². The first-order valence-corrected chi connectivity index (χ1v) is 4.67. The number of methoxy groups -OCH3 is 1. The number of rotatable bonds is 1. The van der Waals surface area contributed by atoms with Gasteiger partial charge in [0.2, 0.25) is 0 Å². The number of nitrogens with zero attached hydrogens (tertiary/aromatic N) is 2. The minimum atomic E-state index is -0.383. The predicted molar refractivity (Wildman–Crippen MR) is 54.1 cm³/mol. The van der Waals surface area contributed by atoms with Crippen LogP contribution >= 0.6 is 15.9 Å². The smallest absolute Gasteiger partial charge is 0.575 e. The molecular weight excluding hydrogens is 333 g/mol. The number of carbonyl (C=O) groups excluding carboxylic acids is 1. The van der Waals surface area contributed by atoms with Crippen LogP contribution < -0.4 is 63.3 Å². The zero-order valence-corrected chi connectivity index (χ0v) is 14.8. The molecule has 0 spiro atoms. The van der Waals surface area contributed by atoms with Crippen LogP contribution in [0.4, 0.5) is 0 Å². The number of carbonyl (C=O) groups is 1. The molecular formula is C9H6BrN2O2Rb. The van der Waals surface area contributed by atoms with Crippen molar-refractivity contribution in [1.29, 1.82) is 0 Å². The van der Waals surface area contributed by atoms with Crippen molar-refractivity contribution in [2.45, 2.75) is 0 Å². The topological polar surface area (TPSA) is 53.3 Å². The summed E-state index contributed by atoms with van der Waals surface area (Å²) in [5.74, 6) is -0.383. The summed E-state index contributed by atoms with van der Waals surface area (Å²) in [5, 5.41) is 8.32. The van der Waals surface area contributed by atoms with Crippen LogP contribution in [0.1, 0.15) is 10.4 Å². The Morgan fingerprint density at radius 1 is 1.53 bits per heavy atom. The summed E-state index contributed by atoms with van der Waals surface area (Å²) in [5.41, 5.74) is 1.15. The molecule has 15 heavy (non-hydrogen) atoms. The van der Waals surface area contributed by atoms with E-state index in [-0.39, 0.29) is 64.2 Å². The van der Waals surface area contributed by atoms with E-state index >= 15 is 0 Å². The zero-order valence-electron chi connectivity index (χ0n) is 8.32. The second-order valence-corrected chi connectivity index (χ2v) is 3.64. The van der Waals surface area contributed by atoms with Crippen LogP contribution in [0.2, 0.25) is 0 Å². The van der Waals surface area contributed by atoms with Crippen LogP contribution in [0, 0.1) is 0 Å². The van der Waals surface area contributed by atoms with E-state index in [1.807, 2.05) is 0 Å². The quantitative estimate of drug-likeness (QED) is 0.609. The van der Waals surface area contributed by atoms with Gasteiger partial charge in [-0.05, 0) is 11.5 Å². The number of hydrogen-bond acceptors (Lipinski definition) is 3. The van der Waals surface area contributed by atoms with Gasteiger partial charge in [0, 0.05) is 10.7 Å². The molecule has 4 nitrogen and oxygen atoms in total. The minimum absolute atomic E-state index is 0. The van der Waals surface area contributed by atoms with Crippen LogP contribution in [0.25, 0.3) is 10.9 Å². The van der Waals surface area contributed by atoms with Crippen molar-refractivity contribution in [3.63, 3.8) is 0 Å². The van der Waals surface area contributed by atoms with Gasteiger partial charge in [-0.2, -0.15) is 0 Å². The Morgan fingerprint density at radius 2 is 2.27 bits per heavy atom. The SMILES string of the molecule is COC(=O)c1cc(Br)cc2[n-]ncc12.[Rb+]. The van der Waals surface area contributed by atoms with Crippen LogP contribution in [0.5, 0.6) is 0 Å². The molecule has 0 amide bonds. The molecule has 1 heterocycles. The Morgan fingerprint density at radius 3 is 2.93 bits per heavy atom. The van der Waals surface area contributed by atoms with Crippen LogP contribution in [-0.2, 0) is 4.74 Å². The molecule has 0 aliphatic heterocycles. The maximum atomic E-state index is 11.4. The van der Waals surface area contributed by atoms with Crippen molar-refractivity contribution in [3.8, 4) is 0 Å². The second-order valence-electron chi connectivity index (χ2n) is 2.72.